The van der Waals surface area contributed by atoms with Gasteiger partial charge in [0, 0.05) is 0 Å². The second kappa shape index (κ2) is 5.68. The zero-order valence-corrected chi connectivity index (χ0v) is 11.1. The first-order valence-electron chi connectivity index (χ1n) is 5.18. The van der Waals surface area contributed by atoms with Gasteiger partial charge < -0.3 is 9.84 Å². The van der Waals surface area contributed by atoms with Crippen molar-refractivity contribution in [2.75, 3.05) is 6.61 Å². The highest BCUT2D eigenvalue weighted by molar-refractivity contribution is 7.86. The van der Waals surface area contributed by atoms with Crippen molar-refractivity contribution in [3.8, 4) is 5.75 Å². The monoisotopic (exact) mass is 350 g/mol. The van der Waals surface area contributed by atoms with E-state index in [1.807, 2.05) is 0 Å². The number of hydrogen-bond acceptors (Lipinski definition) is 5. The van der Waals surface area contributed by atoms with E-state index in [0.717, 1.165) is 0 Å². The van der Waals surface area contributed by atoms with Crippen molar-refractivity contribution in [2.24, 2.45) is 0 Å². The number of hydrogen-bond donors (Lipinski definition) is 2. The van der Waals surface area contributed by atoms with Gasteiger partial charge in [-0.05, 0) is 18.2 Å². The van der Waals surface area contributed by atoms with Crippen LogP contribution in [0.2, 0.25) is 0 Å². The standard InChI is InChI=1S/C10H7F5O6S/c11-9(12,22(18,19)20)4-21-8(17)6-3-5(10(13,14)15)1-2-7(6)16/h1-3,16H,4H2,(H,18,19,20). The summed E-state index contributed by atoms with van der Waals surface area (Å²) in [6, 6.07) is 1.06. The lowest BCUT2D eigenvalue weighted by atomic mass is 10.1. The zero-order valence-electron chi connectivity index (χ0n) is 10.3. The third kappa shape index (κ3) is 4.04. The van der Waals surface area contributed by atoms with Crippen LogP contribution in [-0.4, -0.2) is 35.9 Å². The number of alkyl halides is 5. The number of phenolic OH excluding ortho intramolecular Hbond substituents is 1. The number of phenols is 1. The van der Waals surface area contributed by atoms with Gasteiger partial charge in [0.2, 0.25) is 0 Å². The molecule has 1 rings (SSSR count). The van der Waals surface area contributed by atoms with Gasteiger partial charge in [-0.15, -0.1) is 0 Å². The Morgan fingerprint density at radius 2 is 1.73 bits per heavy atom. The Morgan fingerprint density at radius 3 is 2.18 bits per heavy atom. The summed E-state index contributed by atoms with van der Waals surface area (Å²) in [6.45, 7) is -2.14. The molecule has 0 unspecified atom stereocenters. The summed E-state index contributed by atoms with van der Waals surface area (Å²) < 4.78 is 95.4. The van der Waals surface area contributed by atoms with Gasteiger partial charge in [-0.25, -0.2) is 4.79 Å². The van der Waals surface area contributed by atoms with Gasteiger partial charge in [-0.1, -0.05) is 0 Å². The summed E-state index contributed by atoms with van der Waals surface area (Å²) >= 11 is 0. The van der Waals surface area contributed by atoms with E-state index in [2.05, 4.69) is 4.74 Å². The minimum atomic E-state index is -5.87. The molecule has 0 amide bonds. The van der Waals surface area contributed by atoms with Crippen molar-refractivity contribution in [1.29, 1.82) is 0 Å². The van der Waals surface area contributed by atoms with Crippen LogP contribution >= 0.6 is 0 Å². The SMILES string of the molecule is O=C(OCC(F)(F)S(=O)(=O)O)c1cc(C(F)(F)F)ccc1O. The number of halogens is 5. The lowest BCUT2D eigenvalue weighted by Gasteiger charge is -2.14. The maximum atomic E-state index is 12.8. The number of esters is 1. The van der Waals surface area contributed by atoms with Crippen LogP contribution in [0.1, 0.15) is 15.9 Å². The fourth-order valence-corrected chi connectivity index (χ4v) is 1.39. The normalized spacial score (nSPS) is 13.0. The quantitative estimate of drug-likeness (QED) is 0.490. The summed E-state index contributed by atoms with van der Waals surface area (Å²) in [7, 11) is -5.87. The van der Waals surface area contributed by atoms with Gasteiger partial charge in [-0.3, -0.25) is 4.55 Å². The van der Waals surface area contributed by atoms with Crippen molar-refractivity contribution in [3.63, 3.8) is 0 Å². The van der Waals surface area contributed by atoms with Gasteiger partial charge >= 0.3 is 27.5 Å². The molecular formula is C10H7F5O6S. The first-order valence-corrected chi connectivity index (χ1v) is 6.62. The molecule has 0 aliphatic carbocycles. The van der Waals surface area contributed by atoms with Crippen LogP contribution in [0.3, 0.4) is 0 Å². The van der Waals surface area contributed by atoms with Crippen molar-refractivity contribution in [1.82, 2.24) is 0 Å². The molecule has 124 valence electrons. The molecule has 22 heavy (non-hydrogen) atoms. The van der Waals surface area contributed by atoms with E-state index in [9.17, 15) is 40.3 Å². The van der Waals surface area contributed by atoms with Crippen LogP contribution in [0.25, 0.3) is 0 Å². The van der Waals surface area contributed by atoms with Crippen LogP contribution in [-0.2, 0) is 21.0 Å². The molecular weight excluding hydrogens is 343 g/mol. The largest absolute Gasteiger partial charge is 0.507 e. The smallest absolute Gasteiger partial charge is 0.416 e. The van der Waals surface area contributed by atoms with E-state index in [-0.39, 0.29) is 6.07 Å². The molecule has 0 aliphatic rings. The number of carbonyl (C=O) groups is 1. The molecule has 0 bridgehead atoms. The zero-order chi connectivity index (χ0) is 17.3. The summed E-state index contributed by atoms with van der Waals surface area (Å²) in [4.78, 5) is 11.4. The molecule has 1 aromatic carbocycles. The first kappa shape index (κ1) is 18.1. The molecule has 0 aliphatic heterocycles. The average Bonchev–Trinajstić information content (AvgIpc) is 2.33. The van der Waals surface area contributed by atoms with Gasteiger partial charge in [0.1, 0.15) is 11.3 Å². The van der Waals surface area contributed by atoms with Crippen LogP contribution in [0.15, 0.2) is 18.2 Å². The first-order chi connectivity index (χ1) is 9.75. The highest BCUT2D eigenvalue weighted by atomic mass is 32.2. The molecule has 0 spiro atoms. The molecule has 12 heteroatoms. The number of aromatic hydroxyl groups is 1. The van der Waals surface area contributed by atoms with E-state index >= 15 is 0 Å². The van der Waals surface area contributed by atoms with Crippen LogP contribution in [0.5, 0.6) is 5.75 Å². The molecule has 0 saturated heterocycles. The van der Waals surface area contributed by atoms with Crippen molar-refractivity contribution >= 4 is 16.1 Å². The number of benzene rings is 1. The molecule has 1 aromatic rings. The maximum Gasteiger partial charge on any atom is 0.416 e. The second-order valence-electron chi connectivity index (χ2n) is 3.92. The Balaban J connectivity index is 3.00. The fourth-order valence-electron chi connectivity index (χ4n) is 1.18. The second-order valence-corrected chi connectivity index (χ2v) is 5.47. The molecule has 2 N–H and O–H groups in total. The highest BCUT2D eigenvalue weighted by Crippen LogP contribution is 2.32. The average molecular weight is 350 g/mol. The van der Waals surface area contributed by atoms with Crippen molar-refractivity contribution in [2.45, 2.75) is 11.4 Å². The number of rotatable bonds is 4. The molecule has 0 aromatic heterocycles. The third-order valence-corrected chi connectivity index (χ3v) is 3.17. The topological polar surface area (TPSA) is 101 Å². The molecule has 0 fully saturated rings. The Labute approximate surface area is 119 Å². The van der Waals surface area contributed by atoms with Crippen molar-refractivity contribution < 1.29 is 49.6 Å². The Bertz CT molecular complexity index is 682. The Morgan fingerprint density at radius 1 is 1.18 bits per heavy atom. The van der Waals surface area contributed by atoms with Crippen molar-refractivity contribution in [3.05, 3.63) is 29.3 Å². The maximum absolute atomic E-state index is 12.8. The Hall–Kier alpha value is -1.95. The predicted molar refractivity (Wildman–Crippen MR) is 59.9 cm³/mol. The Kier molecular flexibility index (Phi) is 4.67. The van der Waals surface area contributed by atoms with Crippen LogP contribution in [0.4, 0.5) is 22.0 Å². The van der Waals surface area contributed by atoms with E-state index in [4.69, 9.17) is 4.55 Å². The minimum absolute atomic E-state index is 0.142. The van der Waals surface area contributed by atoms with E-state index in [1.54, 1.807) is 0 Å². The summed E-state index contributed by atoms with van der Waals surface area (Å²) in [5, 5.41) is 4.39. The molecule has 0 radical (unpaired) electrons. The lowest BCUT2D eigenvalue weighted by molar-refractivity contribution is -0.137. The lowest BCUT2D eigenvalue weighted by Crippen LogP contribution is -2.34. The molecule has 0 atom stereocenters. The minimum Gasteiger partial charge on any atom is -0.507 e. The van der Waals surface area contributed by atoms with E-state index in [0.29, 0.717) is 12.1 Å². The number of carbonyl (C=O) groups excluding carboxylic acids is 1. The fraction of sp³-hybridized carbons (Fsp3) is 0.300. The van der Waals surface area contributed by atoms with Crippen LogP contribution < -0.4 is 0 Å². The van der Waals surface area contributed by atoms with E-state index < -0.39 is 51.0 Å². The van der Waals surface area contributed by atoms with E-state index in [1.165, 1.54) is 0 Å². The molecule has 0 heterocycles. The molecule has 0 saturated carbocycles. The van der Waals surface area contributed by atoms with Crippen LogP contribution in [0, 0.1) is 0 Å². The summed E-state index contributed by atoms with van der Waals surface area (Å²) in [6.07, 6.45) is -4.87. The van der Waals surface area contributed by atoms with Gasteiger partial charge in [-0.2, -0.15) is 30.4 Å². The highest BCUT2D eigenvalue weighted by Gasteiger charge is 2.45. The van der Waals surface area contributed by atoms with Gasteiger partial charge in [0.15, 0.2) is 6.61 Å². The summed E-state index contributed by atoms with van der Waals surface area (Å²) in [5.41, 5.74) is -2.46. The third-order valence-electron chi connectivity index (χ3n) is 2.29. The predicted octanol–water partition coefficient (Wildman–Crippen LogP) is 2.05. The number of ether oxygens (including phenoxy) is 1. The molecule has 6 nitrogen and oxygen atoms in total. The van der Waals surface area contributed by atoms with Gasteiger partial charge in [0.05, 0.1) is 5.56 Å². The summed E-state index contributed by atoms with van der Waals surface area (Å²) in [5.74, 6) is -2.82. The van der Waals surface area contributed by atoms with Gasteiger partial charge in [0.25, 0.3) is 0 Å².